The molecule has 0 aliphatic carbocycles. The van der Waals surface area contributed by atoms with Gasteiger partial charge in [0.25, 0.3) is 0 Å². The number of carboxylic acids is 1. The number of aliphatic carboxylic acids is 1. The summed E-state index contributed by atoms with van der Waals surface area (Å²) in [7, 11) is 0. The van der Waals surface area contributed by atoms with Gasteiger partial charge in [0.1, 0.15) is 11.5 Å². The Morgan fingerprint density at radius 3 is 2.40 bits per heavy atom. The van der Waals surface area contributed by atoms with Crippen molar-refractivity contribution in [2.24, 2.45) is 0 Å². The molecule has 4 aromatic rings. The molecule has 35 heavy (non-hydrogen) atoms. The summed E-state index contributed by atoms with van der Waals surface area (Å²) in [6, 6.07) is 11.9. The van der Waals surface area contributed by atoms with E-state index >= 15 is 0 Å². The molecule has 2 N–H and O–H groups in total. The van der Waals surface area contributed by atoms with Gasteiger partial charge in [0, 0.05) is 48.3 Å². The van der Waals surface area contributed by atoms with E-state index in [2.05, 4.69) is 15.3 Å². The van der Waals surface area contributed by atoms with Crippen molar-refractivity contribution in [3.05, 3.63) is 86.6 Å². The maximum Gasteiger partial charge on any atom is 0.305 e. The van der Waals surface area contributed by atoms with Gasteiger partial charge in [-0.15, -0.1) is 0 Å². The second-order valence-corrected chi connectivity index (χ2v) is 8.28. The molecule has 0 aliphatic rings. The minimum absolute atomic E-state index is 0.218. The fraction of sp³-hybridized carbons (Fsp3) is 0.269. The lowest BCUT2D eigenvalue weighted by Gasteiger charge is -2.41. The van der Waals surface area contributed by atoms with Crippen molar-refractivity contribution in [3.8, 4) is 0 Å². The van der Waals surface area contributed by atoms with Gasteiger partial charge in [-0.25, -0.2) is 9.99 Å². The van der Waals surface area contributed by atoms with Gasteiger partial charge < -0.3 is 10.4 Å². The number of benzene rings is 1. The van der Waals surface area contributed by atoms with E-state index in [1.807, 2.05) is 62.2 Å². The number of nitrogens with zero attached hydrogens (tertiary/aromatic N) is 4. The third kappa shape index (κ3) is 4.90. The van der Waals surface area contributed by atoms with Gasteiger partial charge >= 0.3 is 5.97 Å². The van der Waals surface area contributed by atoms with E-state index in [1.54, 1.807) is 17.4 Å². The molecule has 9 heteroatoms. The molecule has 180 valence electrons. The maximum absolute atomic E-state index is 12.3. The van der Waals surface area contributed by atoms with Crippen LogP contribution in [0.4, 0.5) is 17.2 Å². The van der Waals surface area contributed by atoms with Crippen molar-refractivity contribution >= 4 is 33.9 Å². The summed E-state index contributed by atoms with van der Waals surface area (Å²) in [5.41, 5.74) is 1.40. The molecule has 2 aromatic carbocycles. The quantitative estimate of drug-likeness (QED) is 0.263. The largest absolute Gasteiger partial charge is 0.481 e. The van der Waals surface area contributed by atoms with E-state index in [1.165, 1.54) is 6.07 Å². The number of aromatic nitrogens is 2. The van der Waals surface area contributed by atoms with Crippen LogP contribution in [0.25, 0.3) is 10.8 Å². The zero-order valence-electron chi connectivity index (χ0n) is 19.9. The maximum atomic E-state index is 12.3. The molecule has 0 fully saturated rings. The molecule has 1 unspecified atom stereocenters. The van der Waals surface area contributed by atoms with E-state index in [0.717, 1.165) is 22.2 Å². The van der Waals surface area contributed by atoms with Crippen LogP contribution in [0.15, 0.2) is 64.4 Å². The number of hydrogen-bond acceptors (Lipinski definition) is 8. The number of anilines is 3. The average molecular weight is 474 g/mol. The number of hydrazine groups is 1. The first kappa shape index (κ1) is 24.0. The molecule has 0 aliphatic heterocycles. The summed E-state index contributed by atoms with van der Waals surface area (Å²) < 4.78 is 0. The number of aryl methyl sites for hydroxylation is 1. The molecule has 2 heterocycles. The molecule has 2 aromatic heterocycles. The summed E-state index contributed by atoms with van der Waals surface area (Å²) in [5.74, 6) is -0.326. The first-order valence-electron chi connectivity index (χ1n) is 11.5. The number of nitrogens with one attached hydrogen (secondary N) is 1. The fourth-order valence-corrected chi connectivity index (χ4v) is 4.27. The molecule has 4 rings (SSSR count). The summed E-state index contributed by atoms with van der Waals surface area (Å²) in [6.07, 6.45) is 3.26. The van der Waals surface area contributed by atoms with E-state index < -0.39 is 22.9 Å². The molecule has 0 spiro atoms. The Hall–Kier alpha value is -4.11. The zero-order chi connectivity index (χ0) is 25.1. The van der Waals surface area contributed by atoms with E-state index in [9.17, 15) is 19.5 Å². The lowest BCUT2D eigenvalue weighted by molar-refractivity contribution is -0.137. The Balaban J connectivity index is 1.69. The number of rotatable bonds is 10. The van der Waals surface area contributed by atoms with Gasteiger partial charge in [0.15, 0.2) is 0 Å². The summed E-state index contributed by atoms with van der Waals surface area (Å²) >= 11 is 0. The van der Waals surface area contributed by atoms with Crippen LogP contribution < -0.4 is 21.2 Å². The van der Waals surface area contributed by atoms with Gasteiger partial charge in [-0.3, -0.25) is 24.4 Å². The third-order valence-electron chi connectivity index (χ3n) is 5.99. The van der Waals surface area contributed by atoms with Crippen LogP contribution in [0.1, 0.15) is 37.6 Å². The van der Waals surface area contributed by atoms with E-state index in [-0.39, 0.29) is 12.1 Å². The Morgan fingerprint density at radius 1 is 1.09 bits per heavy atom. The smallest absolute Gasteiger partial charge is 0.305 e. The minimum Gasteiger partial charge on any atom is -0.481 e. The molecule has 0 amide bonds. The lowest BCUT2D eigenvalue weighted by Crippen LogP contribution is -2.51. The molecular weight excluding hydrogens is 446 g/mol. The van der Waals surface area contributed by atoms with E-state index in [0.29, 0.717) is 24.5 Å². The Kier molecular flexibility index (Phi) is 6.88. The van der Waals surface area contributed by atoms with E-state index in [4.69, 9.17) is 0 Å². The monoisotopic (exact) mass is 473 g/mol. The number of fused-ring (bicyclic) bond motifs is 1. The molecule has 0 saturated carbocycles. The minimum atomic E-state index is -1.00. The number of hydrogen-bond donors (Lipinski definition) is 2. The standard InChI is InChI=1S/C26H27N5O4/c1-4-30(5-2)31(22-13-23(32)25(22)35)21(14-24(33)34)17-6-8-19(9-7-17)29-26-20-15-27-11-10-18(20)12-16(3)28-26/h6-13,15,21H,4-5,14H2,1-3H3,(H,28,29)(H,33,34). The summed E-state index contributed by atoms with van der Waals surface area (Å²) in [6.45, 7) is 6.85. The first-order chi connectivity index (χ1) is 16.8. The van der Waals surface area contributed by atoms with Crippen molar-refractivity contribution < 1.29 is 9.90 Å². The molecule has 0 bridgehead atoms. The van der Waals surface area contributed by atoms with Crippen LogP contribution in [-0.2, 0) is 4.79 Å². The summed E-state index contributed by atoms with van der Waals surface area (Å²) in [5, 5.41) is 18.4. The Labute approximate surface area is 202 Å². The van der Waals surface area contributed by atoms with Gasteiger partial charge in [-0.2, -0.15) is 0 Å². The normalized spacial score (nSPS) is 12.2. The second-order valence-electron chi connectivity index (χ2n) is 8.28. The molecule has 0 saturated heterocycles. The molecule has 1 atom stereocenters. The Bertz CT molecular complexity index is 1420. The van der Waals surface area contributed by atoms with Crippen molar-refractivity contribution in [2.75, 3.05) is 23.4 Å². The van der Waals surface area contributed by atoms with Crippen LogP contribution in [0.3, 0.4) is 0 Å². The second kappa shape index (κ2) is 10.0. The van der Waals surface area contributed by atoms with Crippen molar-refractivity contribution in [3.63, 3.8) is 0 Å². The lowest BCUT2D eigenvalue weighted by atomic mass is 10.0. The van der Waals surface area contributed by atoms with Crippen LogP contribution in [0, 0.1) is 6.92 Å². The number of pyridine rings is 2. The topological polar surface area (TPSA) is 116 Å². The predicted octanol–water partition coefficient (Wildman–Crippen LogP) is 3.56. The van der Waals surface area contributed by atoms with Crippen LogP contribution in [-0.4, -0.2) is 39.1 Å². The fourth-order valence-electron chi connectivity index (χ4n) is 4.27. The highest BCUT2D eigenvalue weighted by Crippen LogP contribution is 2.32. The van der Waals surface area contributed by atoms with Crippen LogP contribution in [0.2, 0.25) is 0 Å². The average Bonchev–Trinajstić information content (AvgIpc) is 2.85. The molecule has 9 nitrogen and oxygen atoms in total. The SMILES string of the molecule is CCN(CC)N(c1cc(=O)c1=O)C(CC(=O)O)c1ccc(Nc2nc(C)cc3ccncc23)cc1. The van der Waals surface area contributed by atoms with Crippen molar-refractivity contribution in [2.45, 2.75) is 33.2 Å². The predicted molar refractivity (Wildman–Crippen MR) is 136 cm³/mol. The highest BCUT2D eigenvalue weighted by atomic mass is 16.4. The third-order valence-corrected chi connectivity index (χ3v) is 5.99. The van der Waals surface area contributed by atoms with Gasteiger partial charge in [0.05, 0.1) is 12.5 Å². The molecular formula is C26H27N5O4. The van der Waals surface area contributed by atoms with Crippen LogP contribution in [0.5, 0.6) is 0 Å². The first-order valence-corrected chi connectivity index (χ1v) is 11.5. The van der Waals surface area contributed by atoms with Crippen molar-refractivity contribution in [1.29, 1.82) is 0 Å². The van der Waals surface area contributed by atoms with Gasteiger partial charge in [0.2, 0.25) is 10.9 Å². The van der Waals surface area contributed by atoms with Gasteiger partial charge in [-0.1, -0.05) is 26.0 Å². The molecule has 0 radical (unpaired) electrons. The Morgan fingerprint density at radius 2 is 1.80 bits per heavy atom. The number of carboxylic acid groups (broad SMARTS) is 1. The van der Waals surface area contributed by atoms with Crippen LogP contribution >= 0.6 is 0 Å². The highest BCUT2D eigenvalue weighted by Gasteiger charge is 2.31. The summed E-state index contributed by atoms with van der Waals surface area (Å²) in [4.78, 5) is 44.5. The van der Waals surface area contributed by atoms with Gasteiger partial charge in [-0.05, 0) is 42.1 Å². The zero-order valence-corrected chi connectivity index (χ0v) is 19.9. The number of carbonyl (C=O) groups is 1. The van der Waals surface area contributed by atoms with Crippen molar-refractivity contribution in [1.82, 2.24) is 15.0 Å². The highest BCUT2D eigenvalue weighted by molar-refractivity contribution is 5.92.